The molecule has 0 aliphatic carbocycles. The Hall–Kier alpha value is -2.19. The molecule has 0 atom stereocenters. The number of nitrogens with zero attached hydrogens (tertiary/aromatic N) is 3. The average Bonchev–Trinajstić information content (AvgIpc) is 3.07. The first-order valence-corrected chi connectivity index (χ1v) is 9.23. The van der Waals surface area contributed by atoms with Crippen molar-refractivity contribution < 1.29 is 13.2 Å². The molecule has 0 fully saturated rings. The average molecular weight is 350 g/mol. The summed E-state index contributed by atoms with van der Waals surface area (Å²) in [5.41, 5.74) is 0.840. The van der Waals surface area contributed by atoms with E-state index in [0.29, 0.717) is 19.6 Å². The summed E-state index contributed by atoms with van der Waals surface area (Å²) in [7, 11) is -3.45. The van der Waals surface area contributed by atoms with Gasteiger partial charge in [0.05, 0.1) is 11.2 Å². The van der Waals surface area contributed by atoms with Gasteiger partial charge in [0, 0.05) is 32.0 Å². The van der Waals surface area contributed by atoms with Gasteiger partial charge in [-0.25, -0.2) is 13.4 Å². The van der Waals surface area contributed by atoms with E-state index in [4.69, 9.17) is 0 Å². The molecule has 0 aliphatic rings. The van der Waals surface area contributed by atoms with E-state index in [-0.39, 0.29) is 17.3 Å². The minimum absolute atomic E-state index is 0.132. The Morgan fingerprint density at radius 2 is 1.88 bits per heavy atom. The van der Waals surface area contributed by atoms with Crippen molar-refractivity contribution in [1.82, 2.24) is 19.2 Å². The Balaban J connectivity index is 1.96. The minimum atomic E-state index is -3.45. The van der Waals surface area contributed by atoms with Crippen LogP contribution in [0.5, 0.6) is 0 Å². The highest BCUT2D eigenvalue weighted by atomic mass is 32.2. The summed E-state index contributed by atoms with van der Waals surface area (Å²) in [5.74, 6) is -0.132. The van der Waals surface area contributed by atoms with Gasteiger partial charge >= 0.3 is 0 Å². The number of amides is 1. The maximum atomic E-state index is 12.4. The molecule has 2 rings (SSSR count). The zero-order chi connectivity index (χ0) is 17.6. The summed E-state index contributed by atoms with van der Waals surface area (Å²) < 4.78 is 27.9. The molecule has 0 unspecified atom stereocenters. The fraction of sp³-hybridized carbons (Fsp3) is 0.375. The van der Waals surface area contributed by atoms with E-state index in [9.17, 15) is 13.2 Å². The molecular weight excluding hydrogens is 328 g/mol. The number of rotatable bonds is 8. The monoisotopic (exact) mass is 350 g/mol. The van der Waals surface area contributed by atoms with Crippen LogP contribution < -0.4 is 5.32 Å². The van der Waals surface area contributed by atoms with Crippen molar-refractivity contribution in [2.75, 3.05) is 13.1 Å². The van der Waals surface area contributed by atoms with Gasteiger partial charge in [0.2, 0.25) is 15.9 Å². The van der Waals surface area contributed by atoms with Crippen LogP contribution in [0.2, 0.25) is 0 Å². The predicted octanol–water partition coefficient (Wildman–Crippen LogP) is 1.23. The predicted molar refractivity (Wildman–Crippen MR) is 90.6 cm³/mol. The lowest BCUT2D eigenvalue weighted by molar-refractivity contribution is -0.121. The molecule has 24 heavy (non-hydrogen) atoms. The maximum Gasteiger partial charge on any atom is 0.243 e. The lowest BCUT2D eigenvalue weighted by Crippen LogP contribution is -2.30. The van der Waals surface area contributed by atoms with Crippen LogP contribution in [0, 0.1) is 0 Å². The van der Waals surface area contributed by atoms with Crippen LogP contribution in [-0.4, -0.2) is 41.3 Å². The first-order valence-electron chi connectivity index (χ1n) is 7.79. The van der Waals surface area contributed by atoms with Crippen LogP contribution in [0.3, 0.4) is 0 Å². The Bertz CT molecular complexity index is 751. The van der Waals surface area contributed by atoms with Crippen molar-refractivity contribution in [3.8, 4) is 0 Å². The molecule has 0 spiro atoms. The van der Waals surface area contributed by atoms with Gasteiger partial charge in [-0.05, 0) is 17.7 Å². The van der Waals surface area contributed by atoms with Crippen LogP contribution in [0.25, 0.3) is 0 Å². The Morgan fingerprint density at radius 1 is 1.21 bits per heavy atom. The third kappa shape index (κ3) is 4.42. The van der Waals surface area contributed by atoms with E-state index >= 15 is 0 Å². The molecule has 1 N–H and O–H groups in total. The van der Waals surface area contributed by atoms with Crippen molar-refractivity contribution in [3.05, 3.63) is 48.5 Å². The van der Waals surface area contributed by atoms with Crippen molar-refractivity contribution in [2.45, 2.75) is 31.8 Å². The van der Waals surface area contributed by atoms with Crippen molar-refractivity contribution >= 4 is 15.9 Å². The molecule has 1 aromatic heterocycles. The minimum Gasteiger partial charge on any atom is -0.350 e. The molecule has 0 saturated heterocycles. The van der Waals surface area contributed by atoms with E-state index in [0.717, 1.165) is 5.56 Å². The topological polar surface area (TPSA) is 84.3 Å². The summed E-state index contributed by atoms with van der Waals surface area (Å²) in [4.78, 5) is 16.0. The van der Waals surface area contributed by atoms with E-state index in [2.05, 4.69) is 10.3 Å². The maximum absolute atomic E-state index is 12.4. The standard InChI is InChI=1S/C16H22N4O3S/c1-3-20(4-2)24(22,23)15-7-5-14(6-8-15)11-18-16(21)12-19-10-9-17-13-19/h5-10,13H,3-4,11-12H2,1-2H3,(H,18,21). The quantitative estimate of drug-likeness (QED) is 0.776. The van der Waals surface area contributed by atoms with Gasteiger partial charge in [0.25, 0.3) is 0 Å². The number of aromatic nitrogens is 2. The zero-order valence-electron chi connectivity index (χ0n) is 13.8. The van der Waals surface area contributed by atoms with E-state index in [1.54, 1.807) is 47.6 Å². The smallest absolute Gasteiger partial charge is 0.243 e. The normalized spacial score (nSPS) is 11.6. The van der Waals surface area contributed by atoms with Crippen LogP contribution in [0.15, 0.2) is 47.9 Å². The SMILES string of the molecule is CCN(CC)S(=O)(=O)c1ccc(CNC(=O)Cn2ccnc2)cc1. The summed E-state index contributed by atoms with van der Waals surface area (Å²) >= 11 is 0. The molecule has 0 bridgehead atoms. The molecule has 0 saturated carbocycles. The molecule has 130 valence electrons. The van der Waals surface area contributed by atoms with Crippen molar-refractivity contribution in [2.24, 2.45) is 0 Å². The highest BCUT2D eigenvalue weighted by Crippen LogP contribution is 2.16. The third-order valence-electron chi connectivity index (χ3n) is 3.64. The van der Waals surface area contributed by atoms with Gasteiger partial charge in [0.15, 0.2) is 0 Å². The number of benzene rings is 1. The van der Waals surface area contributed by atoms with Crippen LogP contribution in [0.1, 0.15) is 19.4 Å². The number of carbonyl (C=O) groups is 1. The molecule has 1 heterocycles. The number of hydrogen-bond acceptors (Lipinski definition) is 4. The molecule has 0 aliphatic heterocycles. The molecule has 0 radical (unpaired) electrons. The fourth-order valence-electron chi connectivity index (χ4n) is 2.29. The number of carbonyl (C=O) groups excluding carboxylic acids is 1. The Morgan fingerprint density at radius 3 is 2.42 bits per heavy atom. The second-order valence-corrected chi connectivity index (χ2v) is 7.18. The van der Waals surface area contributed by atoms with Gasteiger partial charge < -0.3 is 9.88 Å². The zero-order valence-corrected chi connectivity index (χ0v) is 14.7. The van der Waals surface area contributed by atoms with Crippen LogP contribution in [0.4, 0.5) is 0 Å². The highest BCUT2D eigenvalue weighted by molar-refractivity contribution is 7.89. The lowest BCUT2D eigenvalue weighted by atomic mass is 10.2. The number of imidazole rings is 1. The molecule has 2 aromatic rings. The third-order valence-corrected chi connectivity index (χ3v) is 5.71. The lowest BCUT2D eigenvalue weighted by Gasteiger charge is -2.18. The van der Waals surface area contributed by atoms with Crippen LogP contribution in [-0.2, 0) is 27.9 Å². The largest absolute Gasteiger partial charge is 0.350 e. The molecule has 8 heteroatoms. The number of sulfonamides is 1. The van der Waals surface area contributed by atoms with Gasteiger partial charge in [-0.3, -0.25) is 4.79 Å². The first kappa shape index (κ1) is 18.2. The summed E-state index contributed by atoms with van der Waals surface area (Å²) in [5, 5.41) is 2.79. The fourth-order valence-corrected chi connectivity index (χ4v) is 3.75. The molecule has 1 amide bonds. The first-order chi connectivity index (χ1) is 11.5. The Kier molecular flexibility index (Phi) is 6.10. The molecule has 7 nitrogen and oxygen atoms in total. The van der Waals surface area contributed by atoms with E-state index in [1.807, 2.05) is 13.8 Å². The summed E-state index contributed by atoms with van der Waals surface area (Å²) in [6.07, 6.45) is 4.90. The number of nitrogens with one attached hydrogen (secondary N) is 1. The van der Waals surface area contributed by atoms with E-state index in [1.165, 1.54) is 4.31 Å². The van der Waals surface area contributed by atoms with Gasteiger partial charge in [-0.1, -0.05) is 26.0 Å². The summed E-state index contributed by atoms with van der Waals surface area (Å²) in [6.45, 7) is 5.04. The molecule has 1 aromatic carbocycles. The molecular formula is C16H22N4O3S. The van der Waals surface area contributed by atoms with E-state index < -0.39 is 10.0 Å². The van der Waals surface area contributed by atoms with Gasteiger partial charge in [-0.15, -0.1) is 0 Å². The van der Waals surface area contributed by atoms with Crippen molar-refractivity contribution in [3.63, 3.8) is 0 Å². The van der Waals surface area contributed by atoms with Crippen molar-refractivity contribution in [1.29, 1.82) is 0 Å². The van der Waals surface area contributed by atoms with Gasteiger partial charge in [0.1, 0.15) is 6.54 Å². The second-order valence-electron chi connectivity index (χ2n) is 5.25. The van der Waals surface area contributed by atoms with Crippen LogP contribution >= 0.6 is 0 Å². The number of hydrogen-bond donors (Lipinski definition) is 1. The second kappa shape index (κ2) is 8.07. The highest BCUT2D eigenvalue weighted by Gasteiger charge is 2.21. The Labute approximate surface area is 142 Å². The summed E-state index contributed by atoms with van der Waals surface area (Å²) in [6, 6.07) is 6.58. The van der Waals surface area contributed by atoms with Gasteiger partial charge in [-0.2, -0.15) is 4.31 Å².